The molecule has 1 aromatic heterocycles. The summed E-state index contributed by atoms with van der Waals surface area (Å²) in [6.45, 7) is 6.90. The predicted molar refractivity (Wildman–Crippen MR) is 123 cm³/mol. The number of thiol groups is 1. The predicted octanol–water partition coefficient (Wildman–Crippen LogP) is 6.44. The average molecular weight is 429 g/mol. The average Bonchev–Trinajstić information content (AvgIpc) is 3.00. The lowest BCUT2D eigenvalue weighted by Gasteiger charge is -2.39. The fraction of sp³-hybridized carbons (Fsp3) is 0.500. The topological polar surface area (TPSA) is 15.3 Å². The van der Waals surface area contributed by atoms with Gasteiger partial charge < -0.3 is 10.2 Å². The van der Waals surface area contributed by atoms with Crippen molar-refractivity contribution in [2.24, 2.45) is 5.41 Å². The molecule has 6 heteroatoms. The van der Waals surface area contributed by atoms with Crippen LogP contribution in [0.5, 0.6) is 0 Å². The number of nitrogens with zero attached hydrogens (tertiary/aromatic N) is 1. The number of hydrogen-bond acceptors (Lipinski definition) is 5. The minimum atomic E-state index is 0.451. The van der Waals surface area contributed by atoms with E-state index in [9.17, 15) is 0 Å². The van der Waals surface area contributed by atoms with Crippen LogP contribution in [0.4, 0.5) is 5.69 Å². The summed E-state index contributed by atoms with van der Waals surface area (Å²) in [4.78, 5) is 3.52. The molecule has 0 atom stereocenters. The third-order valence-electron chi connectivity index (χ3n) is 4.44. The van der Waals surface area contributed by atoms with Gasteiger partial charge in [-0.15, -0.1) is 35.7 Å². The second-order valence-corrected chi connectivity index (χ2v) is 10.4. The number of rotatable bonds is 4. The van der Waals surface area contributed by atoms with Gasteiger partial charge in [-0.05, 0) is 50.0 Å². The van der Waals surface area contributed by atoms with E-state index in [0.717, 1.165) is 28.8 Å². The molecule has 144 valence electrons. The first-order chi connectivity index (χ1) is 12.4. The first-order valence-corrected chi connectivity index (χ1v) is 11.6. The number of piperidine rings is 1. The van der Waals surface area contributed by atoms with Gasteiger partial charge in [0.15, 0.2) is 0 Å². The molecule has 0 aliphatic carbocycles. The number of nitrogens with one attached hydrogen (secondary N) is 1. The monoisotopic (exact) mass is 428 g/mol. The van der Waals surface area contributed by atoms with Crippen molar-refractivity contribution in [3.63, 3.8) is 0 Å². The Bertz CT molecular complexity index is 690. The summed E-state index contributed by atoms with van der Waals surface area (Å²) in [7, 11) is 3.75. The molecule has 0 radical (unpaired) electrons. The zero-order valence-electron chi connectivity index (χ0n) is 16.0. The lowest BCUT2D eigenvalue weighted by molar-refractivity contribution is 0.279. The van der Waals surface area contributed by atoms with Gasteiger partial charge in [-0.3, -0.25) is 0 Å². The Morgan fingerprint density at radius 3 is 2.50 bits per heavy atom. The maximum atomic E-state index is 6.56. The van der Waals surface area contributed by atoms with Crippen molar-refractivity contribution >= 4 is 53.0 Å². The van der Waals surface area contributed by atoms with E-state index in [2.05, 4.69) is 60.3 Å². The molecular weight excluding hydrogens is 400 g/mol. The Hall–Kier alpha value is -0.330. The van der Waals surface area contributed by atoms with Gasteiger partial charge in [0.25, 0.3) is 0 Å². The minimum absolute atomic E-state index is 0.451. The number of para-hydroxylation sites is 1. The number of anilines is 1. The van der Waals surface area contributed by atoms with Crippen LogP contribution in [0.25, 0.3) is 0 Å². The van der Waals surface area contributed by atoms with Gasteiger partial charge in [0, 0.05) is 29.1 Å². The first-order valence-electron chi connectivity index (χ1n) is 8.87. The Morgan fingerprint density at radius 1 is 1.27 bits per heavy atom. The van der Waals surface area contributed by atoms with Gasteiger partial charge in [0.05, 0.1) is 14.9 Å². The zero-order chi connectivity index (χ0) is 19.2. The first kappa shape index (κ1) is 22.0. The quantitative estimate of drug-likeness (QED) is 0.430. The second-order valence-electron chi connectivity index (χ2n) is 7.31. The number of benzene rings is 1. The van der Waals surface area contributed by atoms with E-state index in [-0.39, 0.29) is 0 Å². The third-order valence-corrected chi connectivity index (χ3v) is 7.39. The van der Waals surface area contributed by atoms with E-state index in [0.29, 0.717) is 5.41 Å². The highest BCUT2D eigenvalue weighted by Crippen LogP contribution is 2.39. The van der Waals surface area contributed by atoms with E-state index < -0.39 is 0 Å². The van der Waals surface area contributed by atoms with Crippen molar-refractivity contribution in [1.29, 1.82) is 0 Å². The maximum absolute atomic E-state index is 6.56. The standard InChI is InChI=1S/C18H22ClNS3.C2H7N/c1-18(2)6-8-20(9-7-18)17-13(4-3-5-15(17)19)11-22-16-10-14(21)12-23-16;1-3-2/h3-5,10,12,21H,6-9,11H2,1-2H3;3H,1-2H3. The zero-order valence-corrected chi connectivity index (χ0v) is 19.3. The van der Waals surface area contributed by atoms with Crippen LogP contribution in [0.3, 0.4) is 0 Å². The molecule has 1 fully saturated rings. The number of halogens is 1. The molecule has 2 aromatic rings. The molecule has 3 rings (SSSR count). The summed E-state index contributed by atoms with van der Waals surface area (Å²) in [5, 5.41) is 5.71. The summed E-state index contributed by atoms with van der Waals surface area (Å²) in [6.07, 6.45) is 2.44. The van der Waals surface area contributed by atoms with E-state index in [4.69, 9.17) is 11.6 Å². The smallest absolute Gasteiger partial charge is 0.0642 e. The van der Waals surface area contributed by atoms with Crippen LogP contribution in [0.1, 0.15) is 32.3 Å². The van der Waals surface area contributed by atoms with Crippen molar-refractivity contribution in [2.45, 2.75) is 41.5 Å². The van der Waals surface area contributed by atoms with Crippen LogP contribution in [-0.4, -0.2) is 27.2 Å². The molecule has 0 spiro atoms. The summed E-state index contributed by atoms with van der Waals surface area (Å²) >= 11 is 14.6. The molecule has 1 aromatic carbocycles. The van der Waals surface area contributed by atoms with Crippen LogP contribution in [0.2, 0.25) is 5.02 Å². The molecule has 0 amide bonds. The van der Waals surface area contributed by atoms with E-state index in [1.165, 1.54) is 28.3 Å². The molecule has 2 nitrogen and oxygen atoms in total. The molecule has 1 N–H and O–H groups in total. The molecular formula is C20H29ClN2S3. The lowest BCUT2D eigenvalue weighted by atomic mass is 9.82. The summed E-state index contributed by atoms with van der Waals surface area (Å²) < 4.78 is 1.31. The molecule has 1 saturated heterocycles. The highest BCUT2D eigenvalue weighted by molar-refractivity contribution is 8.00. The Kier molecular flexibility index (Phi) is 8.68. The molecule has 2 heterocycles. The van der Waals surface area contributed by atoms with Gasteiger partial charge >= 0.3 is 0 Å². The Balaban J connectivity index is 0.000000758. The van der Waals surface area contributed by atoms with Crippen molar-refractivity contribution < 1.29 is 0 Å². The third kappa shape index (κ3) is 6.38. The Morgan fingerprint density at radius 2 is 1.92 bits per heavy atom. The fourth-order valence-electron chi connectivity index (χ4n) is 2.90. The van der Waals surface area contributed by atoms with Gasteiger partial charge in [0.1, 0.15) is 0 Å². The minimum Gasteiger partial charge on any atom is -0.370 e. The van der Waals surface area contributed by atoms with Gasteiger partial charge in [0.2, 0.25) is 0 Å². The highest BCUT2D eigenvalue weighted by atomic mass is 35.5. The lowest BCUT2D eigenvalue weighted by Crippen LogP contribution is -2.37. The van der Waals surface area contributed by atoms with Crippen LogP contribution < -0.4 is 10.2 Å². The van der Waals surface area contributed by atoms with Crippen molar-refractivity contribution in [1.82, 2.24) is 5.32 Å². The highest BCUT2D eigenvalue weighted by Gasteiger charge is 2.27. The summed E-state index contributed by atoms with van der Waals surface area (Å²) in [6, 6.07) is 8.42. The van der Waals surface area contributed by atoms with Crippen LogP contribution in [-0.2, 0) is 5.75 Å². The van der Waals surface area contributed by atoms with Crippen LogP contribution in [0, 0.1) is 5.41 Å². The second kappa shape index (κ2) is 10.3. The largest absolute Gasteiger partial charge is 0.370 e. The molecule has 26 heavy (non-hydrogen) atoms. The maximum Gasteiger partial charge on any atom is 0.0642 e. The SMILES string of the molecule is CC1(C)CCN(c2c(Cl)cccc2CSc2cc(S)cs2)CC1.CNC. The van der Waals surface area contributed by atoms with E-state index in [1.807, 2.05) is 31.9 Å². The number of thiophene rings is 1. The summed E-state index contributed by atoms with van der Waals surface area (Å²) in [5.74, 6) is 0.948. The Labute approximate surface area is 177 Å². The molecule has 0 bridgehead atoms. The van der Waals surface area contributed by atoms with Gasteiger partial charge in [-0.2, -0.15) is 0 Å². The normalized spacial score (nSPS) is 16.2. The van der Waals surface area contributed by atoms with Crippen LogP contribution in [0.15, 0.2) is 38.8 Å². The molecule has 0 unspecified atom stereocenters. The van der Waals surface area contributed by atoms with E-state index in [1.54, 1.807) is 11.3 Å². The van der Waals surface area contributed by atoms with Crippen molar-refractivity contribution in [2.75, 3.05) is 32.1 Å². The van der Waals surface area contributed by atoms with E-state index >= 15 is 0 Å². The van der Waals surface area contributed by atoms with Crippen LogP contribution >= 0.6 is 47.3 Å². The molecule has 1 aliphatic heterocycles. The molecule has 1 aliphatic rings. The van der Waals surface area contributed by atoms with Gasteiger partial charge in [-0.1, -0.05) is 37.6 Å². The molecule has 0 saturated carbocycles. The van der Waals surface area contributed by atoms with Gasteiger partial charge in [-0.25, -0.2) is 0 Å². The van der Waals surface area contributed by atoms with Crippen molar-refractivity contribution in [3.8, 4) is 0 Å². The van der Waals surface area contributed by atoms with Crippen molar-refractivity contribution in [3.05, 3.63) is 40.2 Å². The summed E-state index contributed by atoms with van der Waals surface area (Å²) in [5.41, 5.74) is 3.02. The fourth-order valence-corrected chi connectivity index (χ4v) is 5.51. The number of thioether (sulfide) groups is 1. The number of hydrogen-bond donors (Lipinski definition) is 2.